The molecule has 1 atom stereocenters. The lowest BCUT2D eigenvalue weighted by molar-refractivity contribution is 0.797. The van der Waals surface area contributed by atoms with Crippen molar-refractivity contribution in [3.05, 3.63) is 36.4 Å². The molecule has 72 valence electrons. The Morgan fingerprint density at radius 2 is 2.07 bits per heavy atom. The monoisotopic (exact) mass is 189 g/mol. The second kappa shape index (κ2) is 3.55. The summed E-state index contributed by atoms with van der Waals surface area (Å²) in [5.41, 5.74) is 6.68. The Balaban J connectivity index is 2.34. The predicted octanol–water partition coefficient (Wildman–Crippen LogP) is 0.682. The van der Waals surface area contributed by atoms with E-state index >= 15 is 0 Å². The van der Waals surface area contributed by atoms with Crippen LogP contribution in [0.15, 0.2) is 30.9 Å². The summed E-state index contributed by atoms with van der Waals surface area (Å²) in [6, 6.07) is 1.74. The summed E-state index contributed by atoms with van der Waals surface area (Å²) < 4.78 is 1.61. The van der Waals surface area contributed by atoms with E-state index in [1.807, 2.05) is 13.1 Å². The molecule has 0 aliphatic heterocycles. The minimum atomic E-state index is -0.0209. The van der Waals surface area contributed by atoms with Gasteiger partial charge in [-0.3, -0.25) is 0 Å². The molecule has 0 aliphatic carbocycles. The SMILES string of the molecule is CC(N)c1cnn(-c2ncccn2)c1. The maximum Gasteiger partial charge on any atom is 0.250 e. The highest BCUT2D eigenvalue weighted by atomic mass is 15.3. The van der Waals surface area contributed by atoms with Gasteiger partial charge in [0.05, 0.1) is 6.20 Å². The Kier molecular flexibility index (Phi) is 2.24. The largest absolute Gasteiger partial charge is 0.324 e. The van der Waals surface area contributed by atoms with Crippen molar-refractivity contribution in [2.45, 2.75) is 13.0 Å². The second-order valence-electron chi connectivity index (χ2n) is 3.06. The Morgan fingerprint density at radius 3 is 2.64 bits per heavy atom. The van der Waals surface area contributed by atoms with Gasteiger partial charge in [0.2, 0.25) is 5.95 Å². The van der Waals surface area contributed by atoms with E-state index in [1.165, 1.54) is 0 Å². The second-order valence-corrected chi connectivity index (χ2v) is 3.06. The van der Waals surface area contributed by atoms with Gasteiger partial charge in [-0.05, 0) is 13.0 Å². The Morgan fingerprint density at radius 1 is 1.36 bits per heavy atom. The maximum absolute atomic E-state index is 5.71. The lowest BCUT2D eigenvalue weighted by atomic mass is 10.2. The summed E-state index contributed by atoms with van der Waals surface area (Å²) in [7, 11) is 0. The molecule has 0 saturated carbocycles. The van der Waals surface area contributed by atoms with E-state index in [4.69, 9.17) is 5.73 Å². The van der Waals surface area contributed by atoms with E-state index in [-0.39, 0.29) is 6.04 Å². The summed E-state index contributed by atoms with van der Waals surface area (Å²) in [6.45, 7) is 1.91. The van der Waals surface area contributed by atoms with Crippen molar-refractivity contribution in [3.8, 4) is 5.95 Å². The number of nitrogens with zero attached hydrogens (tertiary/aromatic N) is 4. The van der Waals surface area contributed by atoms with Crippen LogP contribution in [0, 0.1) is 0 Å². The van der Waals surface area contributed by atoms with Gasteiger partial charge in [0.15, 0.2) is 0 Å². The minimum absolute atomic E-state index is 0.0209. The average molecular weight is 189 g/mol. The van der Waals surface area contributed by atoms with Crippen LogP contribution in [0.25, 0.3) is 5.95 Å². The first-order chi connectivity index (χ1) is 6.77. The summed E-state index contributed by atoms with van der Waals surface area (Å²) in [6.07, 6.45) is 6.91. The van der Waals surface area contributed by atoms with Crippen molar-refractivity contribution in [1.29, 1.82) is 0 Å². The first kappa shape index (κ1) is 8.83. The van der Waals surface area contributed by atoms with Crippen molar-refractivity contribution in [2.75, 3.05) is 0 Å². The third-order valence-corrected chi connectivity index (χ3v) is 1.89. The molecule has 2 heterocycles. The molecular formula is C9H11N5. The fraction of sp³-hybridized carbons (Fsp3) is 0.222. The van der Waals surface area contributed by atoms with Crippen LogP contribution in [0.1, 0.15) is 18.5 Å². The first-order valence-electron chi connectivity index (χ1n) is 4.35. The Bertz CT molecular complexity index is 406. The highest BCUT2D eigenvalue weighted by molar-refractivity contribution is 5.15. The van der Waals surface area contributed by atoms with Crippen molar-refractivity contribution >= 4 is 0 Å². The molecule has 5 heteroatoms. The van der Waals surface area contributed by atoms with Crippen LogP contribution in [0.3, 0.4) is 0 Å². The van der Waals surface area contributed by atoms with E-state index in [0.29, 0.717) is 5.95 Å². The molecule has 2 aromatic heterocycles. The minimum Gasteiger partial charge on any atom is -0.324 e. The van der Waals surface area contributed by atoms with Crippen LogP contribution < -0.4 is 5.73 Å². The first-order valence-corrected chi connectivity index (χ1v) is 4.35. The number of rotatable bonds is 2. The number of hydrogen-bond donors (Lipinski definition) is 1. The number of hydrogen-bond acceptors (Lipinski definition) is 4. The van der Waals surface area contributed by atoms with Gasteiger partial charge in [-0.15, -0.1) is 0 Å². The molecule has 2 N–H and O–H groups in total. The molecular weight excluding hydrogens is 178 g/mol. The van der Waals surface area contributed by atoms with Gasteiger partial charge in [0.25, 0.3) is 0 Å². The van der Waals surface area contributed by atoms with E-state index in [9.17, 15) is 0 Å². The fourth-order valence-corrected chi connectivity index (χ4v) is 1.09. The van der Waals surface area contributed by atoms with Crippen LogP contribution in [-0.2, 0) is 0 Å². The topological polar surface area (TPSA) is 69.6 Å². The maximum atomic E-state index is 5.71. The molecule has 0 fully saturated rings. The molecule has 0 amide bonds. The van der Waals surface area contributed by atoms with Gasteiger partial charge in [-0.2, -0.15) is 5.10 Å². The number of aromatic nitrogens is 4. The summed E-state index contributed by atoms with van der Waals surface area (Å²) >= 11 is 0. The van der Waals surface area contributed by atoms with Crippen LogP contribution >= 0.6 is 0 Å². The lowest BCUT2D eigenvalue weighted by Gasteiger charge is -1.98. The Labute approximate surface area is 81.6 Å². The van der Waals surface area contributed by atoms with Crippen LogP contribution in [-0.4, -0.2) is 19.7 Å². The molecule has 2 rings (SSSR count). The van der Waals surface area contributed by atoms with Crippen molar-refractivity contribution in [2.24, 2.45) is 5.73 Å². The zero-order valence-electron chi connectivity index (χ0n) is 7.83. The quantitative estimate of drug-likeness (QED) is 0.754. The van der Waals surface area contributed by atoms with Crippen LogP contribution in [0.5, 0.6) is 0 Å². The van der Waals surface area contributed by atoms with Gasteiger partial charge in [-0.25, -0.2) is 14.6 Å². The zero-order valence-corrected chi connectivity index (χ0v) is 7.83. The van der Waals surface area contributed by atoms with Crippen LogP contribution in [0.4, 0.5) is 0 Å². The average Bonchev–Trinajstić information content (AvgIpc) is 2.68. The highest BCUT2D eigenvalue weighted by Gasteiger charge is 2.05. The molecule has 0 spiro atoms. The summed E-state index contributed by atoms with van der Waals surface area (Å²) in [4.78, 5) is 8.14. The van der Waals surface area contributed by atoms with Crippen LogP contribution in [0.2, 0.25) is 0 Å². The predicted molar refractivity (Wildman–Crippen MR) is 51.8 cm³/mol. The molecule has 1 unspecified atom stereocenters. The van der Waals surface area contributed by atoms with Crippen molar-refractivity contribution in [1.82, 2.24) is 19.7 Å². The summed E-state index contributed by atoms with van der Waals surface area (Å²) in [5.74, 6) is 0.555. The normalized spacial score (nSPS) is 12.7. The molecule has 5 nitrogen and oxygen atoms in total. The van der Waals surface area contributed by atoms with Gasteiger partial charge in [-0.1, -0.05) is 0 Å². The molecule has 0 aliphatic rings. The standard InChI is InChI=1S/C9H11N5/c1-7(10)8-5-13-14(6-8)9-11-3-2-4-12-9/h2-7H,10H2,1H3. The lowest BCUT2D eigenvalue weighted by Crippen LogP contribution is -2.04. The number of nitrogens with two attached hydrogens (primary N) is 1. The van der Waals surface area contributed by atoms with Crippen molar-refractivity contribution in [3.63, 3.8) is 0 Å². The fourth-order valence-electron chi connectivity index (χ4n) is 1.09. The third kappa shape index (κ3) is 1.62. The smallest absolute Gasteiger partial charge is 0.250 e. The van der Waals surface area contributed by atoms with Crippen molar-refractivity contribution < 1.29 is 0 Å². The van der Waals surface area contributed by atoms with Gasteiger partial charge in [0.1, 0.15) is 0 Å². The van der Waals surface area contributed by atoms with E-state index in [2.05, 4.69) is 15.1 Å². The molecule has 2 aromatic rings. The third-order valence-electron chi connectivity index (χ3n) is 1.89. The molecule has 14 heavy (non-hydrogen) atoms. The van der Waals surface area contributed by atoms with Gasteiger partial charge in [0, 0.05) is 30.2 Å². The van der Waals surface area contributed by atoms with E-state index < -0.39 is 0 Å². The van der Waals surface area contributed by atoms with Gasteiger partial charge < -0.3 is 5.73 Å². The van der Waals surface area contributed by atoms with Gasteiger partial charge >= 0.3 is 0 Å². The molecule has 0 radical (unpaired) electrons. The zero-order chi connectivity index (χ0) is 9.97. The highest BCUT2D eigenvalue weighted by Crippen LogP contribution is 2.08. The van der Waals surface area contributed by atoms with E-state index in [1.54, 1.807) is 29.3 Å². The molecule has 0 bridgehead atoms. The molecule has 0 saturated heterocycles. The molecule has 0 aromatic carbocycles. The Hall–Kier alpha value is -1.75. The summed E-state index contributed by atoms with van der Waals surface area (Å²) in [5, 5.41) is 4.12. The van der Waals surface area contributed by atoms with E-state index in [0.717, 1.165) is 5.56 Å².